The van der Waals surface area contributed by atoms with E-state index in [1.807, 2.05) is 36.4 Å². The predicted molar refractivity (Wildman–Crippen MR) is 119 cm³/mol. The van der Waals surface area contributed by atoms with Gasteiger partial charge >= 0.3 is 0 Å². The van der Waals surface area contributed by atoms with Crippen molar-refractivity contribution in [1.82, 2.24) is 9.97 Å². The molecule has 1 aromatic heterocycles. The van der Waals surface area contributed by atoms with Crippen LogP contribution in [0.4, 0.5) is 11.5 Å². The third kappa shape index (κ3) is 5.83. The first-order chi connectivity index (χ1) is 14.2. The van der Waals surface area contributed by atoms with Crippen LogP contribution in [0, 0.1) is 12.3 Å². The van der Waals surface area contributed by atoms with Crippen molar-refractivity contribution < 1.29 is 18.9 Å². The Morgan fingerprint density at radius 3 is 2.30 bits per heavy atom. The van der Waals surface area contributed by atoms with Crippen LogP contribution in [0.5, 0.6) is 11.5 Å². The third-order valence-corrected chi connectivity index (χ3v) is 4.08. The van der Waals surface area contributed by atoms with Gasteiger partial charge in [0, 0.05) is 36.9 Å². The topological polar surface area (TPSA) is 74.7 Å². The SMILES string of the molecule is C.C#Cc1cccc(Nc2ncnc3cc(OCCOC)c(OCCOC)cc23)c1. The predicted octanol–water partition coefficient (Wildman–Crippen LogP) is 4.04. The molecule has 0 aliphatic carbocycles. The molecule has 0 saturated heterocycles. The Balaban J connectivity index is 0.00000320. The third-order valence-electron chi connectivity index (χ3n) is 4.08. The van der Waals surface area contributed by atoms with Gasteiger partial charge < -0.3 is 24.3 Å². The van der Waals surface area contributed by atoms with E-state index in [4.69, 9.17) is 25.4 Å². The Kier molecular flexibility index (Phi) is 8.88. The molecule has 0 aliphatic rings. The minimum Gasteiger partial charge on any atom is -0.487 e. The Labute approximate surface area is 177 Å². The van der Waals surface area contributed by atoms with Crippen LogP contribution in [0.15, 0.2) is 42.7 Å². The molecule has 3 aromatic rings. The number of anilines is 2. The van der Waals surface area contributed by atoms with Crippen molar-refractivity contribution in [3.05, 3.63) is 48.3 Å². The summed E-state index contributed by atoms with van der Waals surface area (Å²) < 4.78 is 21.8. The van der Waals surface area contributed by atoms with Gasteiger partial charge in [-0.25, -0.2) is 9.97 Å². The number of methoxy groups -OCH3 is 2. The number of hydrogen-bond acceptors (Lipinski definition) is 7. The summed E-state index contributed by atoms with van der Waals surface area (Å²) in [6.45, 7) is 1.73. The molecular formula is C23H27N3O4. The van der Waals surface area contributed by atoms with Gasteiger partial charge in [-0.15, -0.1) is 6.42 Å². The first-order valence-electron chi connectivity index (χ1n) is 9.11. The van der Waals surface area contributed by atoms with Crippen molar-refractivity contribution in [2.24, 2.45) is 0 Å². The number of fused-ring (bicyclic) bond motifs is 1. The summed E-state index contributed by atoms with van der Waals surface area (Å²) in [5, 5.41) is 4.10. The van der Waals surface area contributed by atoms with Gasteiger partial charge in [0.2, 0.25) is 0 Å². The lowest BCUT2D eigenvalue weighted by atomic mass is 10.2. The van der Waals surface area contributed by atoms with E-state index < -0.39 is 0 Å². The molecule has 0 bridgehead atoms. The fourth-order valence-corrected chi connectivity index (χ4v) is 2.68. The van der Waals surface area contributed by atoms with Gasteiger partial charge in [0.15, 0.2) is 11.5 Å². The maximum Gasteiger partial charge on any atom is 0.163 e. The fourth-order valence-electron chi connectivity index (χ4n) is 2.68. The molecule has 7 nitrogen and oxygen atoms in total. The van der Waals surface area contributed by atoms with Crippen molar-refractivity contribution in [1.29, 1.82) is 0 Å². The Morgan fingerprint density at radius 1 is 0.933 bits per heavy atom. The van der Waals surface area contributed by atoms with E-state index in [9.17, 15) is 0 Å². The lowest BCUT2D eigenvalue weighted by Gasteiger charge is -2.15. The average Bonchev–Trinajstić information content (AvgIpc) is 2.75. The summed E-state index contributed by atoms with van der Waals surface area (Å²) in [5.74, 6) is 4.44. The van der Waals surface area contributed by atoms with E-state index in [0.717, 1.165) is 22.2 Å². The highest BCUT2D eigenvalue weighted by Crippen LogP contribution is 2.35. The molecule has 2 aromatic carbocycles. The lowest BCUT2D eigenvalue weighted by molar-refractivity contribution is 0.132. The van der Waals surface area contributed by atoms with Crippen molar-refractivity contribution in [3.63, 3.8) is 0 Å². The highest BCUT2D eigenvalue weighted by atomic mass is 16.5. The Hall–Kier alpha value is -3.34. The molecule has 0 radical (unpaired) electrons. The molecular weight excluding hydrogens is 382 g/mol. The number of nitrogens with zero attached hydrogens (tertiary/aromatic N) is 2. The summed E-state index contributed by atoms with van der Waals surface area (Å²) in [6.07, 6.45) is 6.99. The Morgan fingerprint density at radius 2 is 1.63 bits per heavy atom. The summed E-state index contributed by atoms with van der Waals surface area (Å²) in [6, 6.07) is 11.3. The smallest absolute Gasteiger partial charge is 0.163 e. The minimum atomic E-state index is 0. The summed E-state index contributed by atoms with van der Waals surface area (Å²) in [7, 11) is 3.25. The minimum absolute atomic E-state index is 0. The Bertz CT molecular complexity index is 1000. The summed E-state index contributed by atoms with van der Waals surface area (Å²) in [5.41, 5.74) is 2.34. The molecule has 0 unspecified atom stereocenters. The molecule has 3 rings (SSSR count). The van der Waals surface area contributed by atoms with E-state index in [1.165, 1.54) is 6.33 Å². The number of ether oxygens (including phenoxy) is 4. The molecule has 0 atom stereocenters. The van der Waals surface area contributed by atoms with E-state index in [-0.39, 0.29) is 7.43 Å². The van der Waals surface area contributed by atoms with Crippen LogP contribution in [0.3, 0.4) is 0 Å². The number of terminal acetylenes is 1. The number of rotatable bonds is 10. The molecule has 0 aliphatic heterocycles. The van der Waals surface area contributed by atoms with E-state index in [1.54, 1.807) is 14.2 Å². The lowest BCUT2D eigenvalue weighted by Crippen LogP contribution is -2.09. The van der Waals surface area contributed by atoms with Crippen LogP contribution in [-0.2, 0) is 9.47 Å². The van der Waals surface area contributed by atoms with Gasteiger partial charge in [0.1, 0.15) is 25.4 Å². The zero-order valence-electron chi connectivity index (χ0n) is 16.5. The zero-order chi connectivity index (χ0) is 20.5. The summed E-state index contributed by atoms with van der Waals surface area (Å²) in [4.78, 5) is 8.75. The van der Waals surface area contributed by atoms with Crippen LogP contribution in [0.25, 0.3) is 10.9 Å². The highest BCUT2D eigenvalue weighted by Gasteiger charge is 2.13. The zero-order valence-corrected chi connectivity index (χ0v) is 16.5. The van der Waals surface area contributed by atoms with Crippen molar-refractivity contribution >= 4 is 22.4 Å². The van der Waals surface area contributed by atoms with Gasteiger partial charge in [0.25, 0.3) is 0 Å². The monoisotopic (exact) mass is 409 g/mol. The molecule has 7 heteroatoms. The second kappa shape index (κ2) is 11.6. The molecule has 1 N–H and O–H groups in total. The van der Waals surface area contributed by atoms with Gasteiger partial charge in [-0.2, -0.15) is 0 Å². The normalized spacial score (nSPS) is 10.2. The van der Waals surface area contributed by atoms with E-state index in [0.29, 0.717) is 43.7 Å². The molecule has 0 fully saturated rings. The second-order valence-electron chi connectivity index (χ2n) is 6.07. The van der Waals surface area contributed by atoms with Crippen LogP contribution in [0.2, 0.25) is 0 Å². The largest absolute Gasteiger partial charge is 0.487 e. The second-order valence-corrected chi connectivity index (χ2v) is 6.07. The number of hydrogen-bond donors (Lipinski definition) is 1. The number of nitrogens with one attached hydrogen (secondary N) is 1. The maximum absolute atomic E-state index is 5.86. The van der Waals surface area contributed by atoms with Crippen LogP contribution < -0.4 is 14.8 Å². The maximum atomic E-state index is 5.86. The van der Waals surface area contributed by atoms with Gasteiger partial charge in [-0.05, 0) is 24.3 Å². The molecule has 158 valence electrons. The highest BCUT2D eigenvalue weighted by molar-refractivity contribution is 5.93. The van der Waals surface area contributed by atoms with Crippen molar-refractivity contribution in [3.8, 4) is 23.8 Å². The molecule has 0 amide bonds. The van der Waals surface area contributed by atoms with Crippen molar-refractivity contribution in [2.75, 3.05) is 46.0 Å². The molecule has 30 heavy (non-hydrogen) atoms. The fraction of sp³-hybridized carbons (Fsp3) is 0.304. The van der Waals surface area contributed by atoms with Crippen LogP contribution >= 0.6 is 0 Å². The summed E-state index contributed by atoms with van der Waals surface area (Å²) >= 11 is 0. The average molecular weight is 409 g/mol. The first kappa shape index (κ1) is 22.9. The van der Waals surface area contributed by atoms with Gasteiger partial charge in [0.05, 0.1) is 18.7 Å². The number of aromatic nitrogens is 2. The van der Waals surface area contributed by atoms with Crippen molar-refractivity contribution in [2.45, 2.75) is 7.43 Å². The quantitative estimate of drug-likeness (QED) is 0.400. The number of benzene rings is 2. The van der Waals surface area contributed by atoms with Gasteiger partial charge in [-0.3, -0.25) is 0 Å². The van der Waals surface area contributed by atoms with Crippen LogP contribution in [0.1, 0.15) is 13.0 Å². The molecule has 0 saturated carbocycles. The standard InChI is InChI=1S/C22H23N3O4.CH4/c1-4-16-6-5-7-17(12-16)25-22-18-13-20(28-10-8-26-2)21(29-11-9-27-3)14-19(18)23-15-24-22;/h1,5-7,12-15H,8-11H2,2-3H3,(H,23,24,25);1H4. The molecule has 1 heterocycles. The first-order valence-corrected chi connectivity index (χ1v) is 9.11. The van der Waals surface area contributed by atoms with Gasteiger partial charge in [-0.1, -0.05) is 19.4 Å². The molecule has 0 spiro atoms. The van der Waals surface area contributed by atoms with Crippen LogP contribution in [-0.4, -0.2) is 50.6 Å². The van der Waals surface area contributed by atoms with E-state index >= 15 is 0 Å². The van der Waals surface area contributed by atoms with E-state index in [2.05, 4.69) is 21.2 Å².